The summed E-state index contributed by atoms with van der Waals surface area (Å²) in [7, 11) is 1.57. The van der Waals surface area contributed by atoms with E-state index in [0.29, 0.717) is 12.2 Å². The number of rotatable bonds is 8. The summed E-state index contributed by atoms with van der Waals surface area (Å²) in [5.74, 6) is 0.716. The molecule has 20 heavy (non-hydrogen) atoms. The zero-order valence-corrected chi connectivity index (χ0v) is 12.0. The highest BCUT2D eigenvalue weighted by Gasteiger charge is 2.27. The topological polar surface area (TPSA) is 21.3 Å². The minimum absolute atomic E-state index is 0.103. The number of methoxy groups -OCH3 is 1. The lowest BCUT2D eigenvalue weighted by atomic mass is 9.99. The molecule has 1 aromatic rings. The van der Waals surface area contributed by atoms with Crippen LogP contribution in [0.25, 0.3) is 0 Å². The van der Waals surface area contributed by atoms with Crippen molar-refractivity contribution >= 4 is 0 Å². The number of hydrogen-bond donors (Lipinski definition) is 1. The first-order chi connectivity index (χ1) is 9.48. The van der Waals surface area contributed by atoms with Crippen molar-refractivity contribution in [2.24, 2.45) is 0 Å². The predicted molar refractivity (Wildman–Crippen MR) is 73.9 cm³/mol. The van der Waals surface area contributed by atoms with Crippen molar-refractivity contribution in [3.8, 4) is 5.75 Å². The molecular formula is C15H22F3NO. The molecule has 0 aromatic heterocycles. The Kier molecular flexibility index (Phi) is 6.85. The Labute approximate surface area is 118 Å². The van der Waals surface area contributed by atoms with E-state index in [1.54, 1.807) is 7.11 Å². The van der Waals surface area contributed by atoms with Gasteiger partial charge in [-0.1, -0.05) is 25.1 Å². The lowest BCUT2D eigenvalue weighted by molar-refractivity contribution is -0.135. The second-order valence-electron chi connectivity index (χ2n) is 4.76. The quantitative estimate of drug-likeness (QED) is 0.762. The van der Waals surface area contributed by atoms with E-state index < -0.39 is 12.6 Å². The van der Waals surface area contributed by atoms with E-state index in [-0.39, 0.29) is 12.5 Å². The lowest BCUT2D eigenvalue weighted by Crippen LogP contribution is -2.23. The monoisotopic (exact) mass is 289 g/mol. The summed E-state index contributed by atoms with van der Waals surface area (Å²) in [6, 6.07) is 7.37. The van der Waals surface area contributed by atoms with Crippen molar-refractivity contribution < 1.29 is 17.9 Å². The Morgan fingerprint density at radius 1 is 1.25 bits per heavy atom. The van der Waals surface area contributed by atoms with Crippen molar-refractivity contribution in [2.75, 3.05) is 13.7 Å². The van der Waals surface area contributed by atoms with Gasteiger partial charge in [-0.05, 0) is 31.9 Å². The molecule has 1 aromatic carbocycles. The van der Waals surface area contributed by atoms with E-state index in [9.17, 15) is 13.2 Å². The molecule has 0 aliphatic carbocycles. The van der Waals surface area contributed by atoms with Gasteiger partial charge < -0.3 is 10.1 Å². The number of nitrogens with one attached hydrogen (secondary N) is 1. The minimum Gasteiger partial charge on any atom is -0.496 e. The molecule has 1 rings (SSSR count). The van der Waals surface area contributed by atoms with Crippen LogP contribution < -0.4 is 10.1 Å². The zero-order chi connectivity index (χ0) is 15.0. The normalized spacial score (nSPS) is 13.2. The molecule has 1 N–H and O–H groups in total. The molecule has 0 spiro atoms. The third kappa shape index (κ3) is 5.82. The first-order valence-corrected chi connectivity index (χ1v) is 6.91. The van der Waals surface area contributed by atoms with Crippen molar-refractivity contribution in [1.29, 1.82) is 0 Å². The van der Waals surface area contributed by atoms with E-state index in [1.807, 2.05) is 31.2 Å². The molecule has 0 aliphatic heterocycles. The van der Waals surface area contributed by atoms with Gasteiger partial charge in [0.1, 0.15) is 5.75 Å². The van der Waals surface area contributed by atoms with Crippen molar-refractivity contribution in [1.82, 2.24) is 5.32 Å². The summed E-state index contributed by atoms with van der Waals surface area (Å²) < 4.78 is 42.1. The number of ether oxygens (including phenoxy) is 1. The molecular weight excluding hydrogens is 267 g/mol. The fourth-order valence-corrected chi connectivity index (χ4v) is 2.15. The first-order valence-electron chi connectivity index (χ1n) is 6.91. The predicted octanol–water partition coefficient (Wildman–Crippen LogP) is 4.47. The van der Waals surface area contributed by atoms with Crippen LogP contribution in [0.15, 0.2) is 24.3 Å². The Morgan fingerprint density at radius 3 is 2.55 bits per heavy atom. The number of halogens is 3. The van der Waals surface area contributed by atoms with Crippen molar-refractivity contribution in [3.63, 3.8) is 0 Å². The molecule has 5 heteroatoms. The van der Waals surface area contributed by atoms with Crippen LogP contribution in [-0.2, 0) is 0 Å². The molecule has 114 valence electrons. The van der Waals surface area contributed by atoms with Gasteiger partial charge in [-0.25, -0.2) is 0 Å². The summed E-state index contributed by atoms with van der Waals surface area (Å²) in [5.41, 5.74) is 0.922. The van der Waals surface area contributed by atoms with Gasteiger partial charge in [-0.2, -0.15) is 13.2 Å². The van der Waals surface area contributed by atoms with Crippen molar-refractivity contribution in [3.05, 3.63) is 29.8 Å². The van der Waals surface area contributed by atoms with Crippen LogP contribution >= 0.6 is 0 Å². The van der Waals surface area contributed by atoms with Gasteiger partial charge in [0.2, 0.25) is 0 Å². The molecule has 0 radical (unpaired) electrons. The summed E-state index contributed by atoms with van der Waals surface area (Å²) in [6.07, 6.45) is -3.34. The smallest absolute Gasteiger partial charge is 0.389 e. The third-order valence-electron chi connectivity index (χ3n) is 3.11. The molecule has 0 saturated heterocycles. The van der Waals surface area contributed by atoms with Gasteiger partial charge >= 0.3 is 6.18 Å². The lowest BCUT2D eigenvalue weighted by Gasteiger charge is -2.21. The van der Waals surface area contributed by atoms with Crippen LogP contribution in [-0.4, -0.2) is 19.8 Å². The van der Waals surface area contributed by atoms with Gasteiger partial charge in [0.15, 0.2) is 0 Å². The van der Waals surface area contributed by atoms with Crippen LogP contribution in [0.2, 0.25) is 0 Å². The average molecular weight is 289 g/mol. The van der Waals surface area contributed by atoms with Gasteiger partial charge in [-0.15, -0.1) is 0 Å². The highest BCUT2D eigenvalue weighted by atomic mass is 19.4. The summed E-state index contributed by atoms with van der Waals surface area (Å²) in [5, 5.41) is 3.30. The van der Waals surface area contributed by atoms with Gasteiger partial charge in [-0.3, -0.25) is 0 Å². The second-order valence-corrected chi connectivity index (χ2v) is 4.76. The van der Waals surface area contributed by atoms with Crippen molar-refractivity contribution in [2.45, 2.75) is 44.8 Å². The Bertz CT molecular complexity index is 393. The number of para-hydroxylation sites is 1. The van der Waals surface area contributed by atoms with Crippen LogP contribution in [0.1, 0.15) is 44.2 Å². The van der Waals surface area contributed by atoms with Crippen LogP contribution in [0.4, 0.5) is 13.2 Å². The molecule has 0 heterocycles. The molecule has 0 amide bonds. The maximum absolute atomic E-state index is 12.3. The van der Waals surface area contributed by atoms with Gasteiger partial charge in [0.25, 0.3) is 0 Å². The number of hydrogen-bond acceptors (Lipinski definition) is 2. The zero-order valence-electron chi connectivity index (χ0n) is 12.0. The van der Waals surface area contributed by atoms with E-state index in [4.69, 9.17) is 4.74 Å². The molecule has 0 aliphatic rings. The minimum atomic E-state index is -4.09. The van der Waals surface area contributed by atoms with E-state index in [2.05, 4.69) is 5.32 Å². The maximum atomic E-state index is 12.3. The Morgan fingerprint density at radius 2 is 1.95 bits per heavy atom. The van der Waals surface area contributed by atoms with E-state index in [0.717, 1.165) is 18.5 Å². The van der Waals surface area contributed by atoms with Gasteiger partial charge in [0, 0.05) is 18.0 Å². The highest BCUT2D eigenvalue weighted by Crippen LogP contribution is 2.30. The molecule has 0 bridgehead atoms. The van der Waals surface area contributed by atoms with Crippen LogP contribution in [0, 0.1) is 0 Å². The standard InChI is InChI=1S/C15H22F3NO/c1-3-11-19-13(8-6-10-15(16,17)18)12-7-4-5-9-14(12)20-2/h4-5,7,9,13,19H,3,6,8,10-11H2,1-2H3. The maximum Gasteiger partial charge on any atom is 0.389 e. The number of benzene rings is 1. The summed E-state index contributed by atoms with van der Waals surface area (Å²) >= 11 is 0. The van der Waals surface area contributed by atoms with Crippen LogP contribution in [0.3, 0.4) is 0 Å². The first kappa shape index (κ1) is 16.8. The highest BCUT2D eigenvalue weighted by molar-refractivity contribution is 5.35. The molecule has 1 unspecified atom stereocenters. The fourth-order valence-electron chi connectivity index (χ4n) is 2.15. The fraction of sp³-hybridized carbons (Fsp3) is 0.600. The summed E-state index contributed by atoms with van der Waals surface area (Å²) in [4.78, 5) is 0. The molecule has 0 fully saturated rings. The van der Waals surface area contributed by atoms with E-state index in [1.165, 1.54) is 0 Å². The molecule has 1 atom stereocenters. The van der Waals surface area contributed by atoms with Crippen LogP contribution in [0.5, 0.6) is 5.75 Å². The largest absolute Gasteiger partial charge is 0.496 e. The van der Waals surface area contributed by atoms with Gasteiger partial charge in [0.05, 0.1) is 7.11 Å². The molecule has 0 saturated carbocycles. The Hall–Kier alpha value is -1.23. The summed E-state index contributed by atoms with van der Waals surface area (Å²) in [6.45, 7) is 2.80. The molecule has 2 nitrogen and oxygen atoms in total. The average Bonchev–Trinajstić information content (AvgIpc) is 2.41. The second kappa shape index (κ2) is 8.15. The SMILES string of the molecule is CCCNC(CCCC(F)(F)F)c1ccccc1OC. The Balaban J connectivity index is 2.72. The third-order valence-corrected chi connectivity index (χ3v) is 3.11. The number of alkyl halides is 3. The van der Waals surface area contributed by atoms with E-state index >= 15 is 0 Å².